The molecule has 18 heteroatoms. The zero-order chi connectivity index (χ0) is 46.2. The lowest BCUT2D eigenvalue weighted by Crippen LogP contribution is -2.21. The molecule has 2 aromatic heterocycles. The molecule has 61 heavy (non-hydrogen) atoms. The number of hydrogen-bond acceptors (Lipinski definition) is 16. The zero-order valence-corrected chi connectivity index (χ0v) is 39.8. The van der Waals surface area contributed by atoms with E-state index in [-0.39, 0.29) is 0 Å². The highest BCUT2D eigenvalue weighted by Crippen LogP contribution is 2.19. The number of aromatic amines is 2. The highest BCUT2D eigenvalue weighted by molar-refractivity contribution is 8.02. The predicted molar refractivity (Wildman–Crippen MR) is 253 cm³/mol. The molecule has 6 N–H and O–H groups in total. The molecule has 0 spiro atoms. The van der Waals surface area contributed by atoms with Gasteiger partial charge in [-0.15, -0.1) is 0 Å². The van der Waals surface area contributed by atoms with Gasteiger partial charge in [0.25, 0.3) is 0 Å². The third-order valence-corrected chi connectivity index (χ3v) is 8.40. The summed E-state index contributed by atoms with van der Waals surface area (Å²) in [6.07, 6.45) is 5.08. The minimum absolute atomic E-state index is 0.379. The number of ether oxygens (including phenoxy) is 1. The normalized spacial score (nSPS) is 15.8. The van der Waals surface area contributed by atoms with Gasteiger partial charge < -0.3 is 29.4 Å². The first-order valence-corrected chi connectivity index (χ1v) is 21.3. The van der Waals surface area contributed by atoms with E-state index in [1.807, 2.05) is 33.9 Å². The second-order valence-electron chi connectivity index (χ2n) is 16.0. The molecule has 7 heterocycles. The number of H-pyrrole nitrogens is 2. The summed E-state index contributed by atoms with van der Waals surface area (Å²) in [7, 11) is 0. The molecule has 0 fully saturated rings. The standard InChI is InChI=1S/C7H12N2.C7H11NO.2C6H10N2O.C6H10N2S.C6H10N2.C5H9N3/c2*1-5(2)7-8-4-6(3)9-7;3*1-4(2)6-7-5(3)9-8-6;1-5(2)6-3-7-4-8-6;1-4(2)5-6-3-7-8-5/h5H,3-4H2,1-2H3,(H,8,9);5H,3-4H2,1-2H3;3*4H,3H2,1-2H3,(H,7,8);3-5H,1-2H3,(H,7,8);3-4H,1-2H3,(H,6,7,8). The van der Waals surface area contributed by atoms with Crippen molar-refractivity contribution in [1.29, 1.82) is 0 Å². The Kier molecular flexibility index (Phi) is 24.5. The lowest BCUT2D eigenvalue weighted by atomic mass is 10.2. The largest absolute Gasteiger partial charge is 0.446 e. The van der Waals surface area contributed by atoms with Gasteiger partial charge >= 0.3 is 0 Å². The minimum Gasteiger partial charge on any atom is -0.446 e. The van der Waals surface area contributed by atoms with Crippen molar-refractivity contribution < 1.29 is 14.4 Å². The average molecular weight is 865 g/mol. The van der Waals surface area contributed by atoms with E-state index in [4.69, 9.17) is 14.4 Å². The van der Waals surface area contributed by atoms with Crippen molar-refractivity contribution in [2.45, 2.75) is 109 Å². The van der Waals surface area contributed by atoms with Crippen LogP contribution in [-0.4, -0.2) is 67.5 Å². The summed E-state index contributed by atoms with van der Waals surface area (Å²) in [6, 6.07) is 0. The molecule has 0 amide bonds. The number of hydrogen-bond donors (Lipinski definition) is 6. The van der Waals surface area contributed by atoms with Crippen LogP contribution in [0.1, 0.15) is 120 Å². The summed E-state index contributed by atoms with van der Waals surface area (Å²) in [5.41, 5.74) is 7.52. The Labute approximate surface area is 368 Å². The third-order valence-electron chi connectivity index (χ3n) is 7.76. The van der Waals surface area contributed by atoms with Crippen LogP contribution < -0.4 is 21.0 Å². The van der Waals surface area contributed by atoms with Crippen LogP contribution in [-0.2, 0) is 14.4 Å². The lowest BCUT2D eigenvalue weighted by Gasteiger charge is -2.03. The summed E-state index contributed by atoms with van der Waals surface area (Å²) >= 11 is 1.49. The number of hydroxylamine groups is 2. The second kappa shape index (κ2) is 28.0. The molecule has 0 radical (unpaired) electrons. The molecule has 2 aromatic rings. The number of imidazole rings is 1. The van der Waals surface area contributed by atoms with Gasteiger partial charge in [0, 0.05) is 65.0 Å². The molecule has 5 aliphatic heterocycles. The third kappa shape index (κ3) is 22.5. The molecule has 0 saturated heterocycles. The van der Waals surface area contributed by atoms with E-state index < -0.39 is 0 Å². The first-order chi connectivity index (χ1) is 28.6. The molecule has 338 valence electrons. The number of nitrogens with one attached hydrogen (secondary N) is 6. The van der Waals surface area contributed by atoms with E-state index in [0.29, 0.717) is 59.7 Å². The Bertz CT molecular complexity index is 1670. The number of nitrogens with zero attached hydrogens (tertiary/aromatic N) is 8. The summed E-state index contributed by atoms with van der Waals surface area (Å²) in [5, 5.41) is 10.5. The van der Waals surface area contributed by atoms with Gasteiger partial charge in [-0.25, -0.2) is 30.9 Å². The van der Waals surface area contributed by atoms with Crippen molar-refractivity contribution in [2.75, 3.05) is 13.1 Å². The highest BCUT2D eigenvalue weighted by atomic mass is 32.2. The zero-order valence-electron chi connectivity index (χ0n) is 38.9. The first kappa shape index (κ1) is 53.4. The fraction of sp³-hybridized carbons (Fsp3) is 0.535. The van der Waals surface area contributed by atoms with Gasteiger partial charge in [0.2, 0.25) is 11.8 Å². The van der Waals surface area contributed by atoms with Crippen LogP contribution in [0.5, 0.6) is 0 Å². The second-order valence-corrected chi connectivity index (χ2v) is 16.9. The van der Waals surface area contributed by atoms with Crippen molar-refractivity contribution in [3.63, 3.8) is 0 Å². The molecule has 0 saturated carbocycles. The molecular weight excluding hydrogens is 793 g/mol. The highest BCUT2D eigenvalue weighted by Gasteiger charge is 2.15. The van der Waals surface area contributed by atoms with E-state index in [0.717, 1.165) is 58.1 Å². The molecule has 0 bridgehead atoms. The van der Waals surface area contributed by atoms with Crippen molar-refractivity contribution in [2.24, 2.45) is 54.6 Å². The Morgan fingerprint density at radius 3 is 1.38 bits per heavy atom. The fourth-order valence-corrected chi connectivity index (χ4v) is 4.78. The van der Waals surface area contributed by atoms with E-state index in [2.05, 4.69) is 173 Å². The maximum absolute atomic E-state index is 5.18. The molecule has 0 atom stereocenters. The van der Waals surface area contributed by atoms with Crippen molar-refractivity contribution in [1.82, 2.24) is 46.1 Å². The molecule has 7 rings (SSSR count). The average Bonchev–Trinajstić information content (AvgIpc) is 4.04. The van der Waals surface area contributed by atoms with E-state index in [9.17, 15) is 0 Å². The predicted octanol–water partition coefficient (Wildman–Crippen LogP) is 9.06. The molecular formula is C43H72N14O3S. The summed E-state index contributed by atoms with van der Waals surface area (Å²) < 4.78 is 8.25. The summed E-state index contributed by atoms with van der Waals surface area (Å²) in [6.45, 7) is 48.6. The monoisotopic (exact) mass is 865 g/mol. The first-order valence-electron chi connectivity index (χ1n) is 20.4. The number of aliphatic imine (C=N–C) groups is 5. The molecule has 0 aliphatic carbocycles. The van der Waals surface area contributed by atoms with Gasteiger partial charge in [-0.05, 0) is 19.1 Å². The number of amidine groups is 4. The van der Waals surface area contributed by atoms with E-state index in [1.54, 1.807) is 6.33 Å². The minimum atomic E-state index is 0.379. The summed E-state index contributed by atoms with van der Waals surface area (Å²) in [5.74, 6) is 10.4. The number of rotatable bonds is 7. The lowest BCUT2D eigenvalue weighted by molar-refractivity contribution is 0.176. The van der Waals surface area contributed by atoms with Crippen LogP contribution in [0.2, 0.25) is 0 Å². The van der Waals surface area contributed by atoms with Crippen molar-refractivity contribution in [3.8, 4) is 0 Å². The van der Waals surface area contributed by atoms with E-state index in [1.165, 1.54) is 24.0 Å². The van der Waals surface area contributed by atoms with Crippen LogP contribution >= 0.6 is 11.9 Å². The Morgan fingerprint density at radius 1 is 0.623 bits per heavy atom. The van der Waals surface area contributed by atoms with Crippen LogP contribution in [0.3, 0.4) is 0 Å². The van der Waals surface area contributed by atoms with Crippen molar-refractivity contribution in [3.05, 3.63) is 91.5 Å². The van der Waals surface area contributed by atoms with Gasteiger partial charge in [-0.3, -0.25) is 10.1 Å². The Hall–Kier alpha value is -5.65. The maximum Gasteiger partial charge on any atom is 0.240 e. The van der Waals surface area contributed by atoms with Gasteiger partial charge in [0.1, 0.15) is 52.8 Å². The quantitative estimate of drug-likeness (QED) is 0.145. The van der Waals surface area contributed by atoms with Crippen LogP contribution in [0.25, 0.3) is 0 Å². The van der Waals surface area contributed by atoms with Crippen LogP contribution in [0, 0.1) is 29.6 Å². The van der Waals surface area contributed by atoms with Gasteiger partial charge in [-0.2, -0.15) is 15.1 Å². The van der Waals surface area contributed by atoms with Crippen molar-refractivity contribution >= 4 is 41.2 Å². The summed E-state index contributed by atoms with van der Waals surface area (Å²) in [4.78, 5) is 40.9. The Balaban J connectivity index is 0.000000356. The molecule has 0 unspecified atom stereocenters. The SMILES string of the molecule is C=C1CN=C(C(C)C)N1.C=C1CN=C(C(C)C)O1.C=C1N=C(C(C)C)NO1.C=C1N=C(C(C)C)NO1.C=C1N=C(C(C)C)NS1.CC(C)c1cnc[nH]1.CC(C)c1ncn[nH]1. The molecule has 0 aromatic carbocycles. The molecule has 5 aliphatic rings. The van der Waals surface area contributed by atoms with Gasteiger partial charge in [0.05, 0.1) is 12.9 Å². The van der Waals surface area contributed by atoms with E-state index >= 15 is 0 Å². The number of aromatic nitrogens is 5. The Morgan fingerprint density at radius 2 is 1.18 bits per heavy atom. The molecule has 17 nitrogen and oxygen atoms in total. The van der Waals surface area contributed by atoms with Gasteiger partial charge in [0.15, 0.2) is 5.90 Å². The smallest absolute Gasteiger partial charge is 0.240 e. The van der Waals surface area contributed by atoms with Crippen LogP contribution in [0.4, 0.5) is 0 Å². The topological polar surface area (TPSA) is 208 Å². The van der Waals surface area contributed by atoms with Gasteiger partial charge in [-0.1, -0.05) is 117 Å². The van der Waals surface area contributed by atoms with Crippen LogP contribution in [0.15, 0.2) is 105 Å². The maximum atomic E-state index is 5.18. The fourth-order valence-electron chi connectivity index (χ4n) is 4.14.